The first-order chi connectivity index (χ1) is 8.57. The van der Waals surface area contributed by atoms with E-state index in [4.69, 9.17) is 9.31 Å². The van der Waals surface area contributed by atoms with Crippen LogP contribution in [0.5, 0.6) is 0 Å². The van der Waals surface area contributed by atoms with E-state index in [-0.39, 0.29) is 14.4 Å². The maximum atomic E-state index is 14.1. The van der Waals surface area contributed by atoms with Gasteiger partial charge in [-0.1, -0.05) is 0 Å². The van der Waals surface area contributed by atoms with Crippen LogP contribution in [0.15, 0.2) is 15.0 Å². The zero-order valence-corrected chi connectivity index (χ0v) is 14.2. The third-order valence-corrected chi connectivity index (χ3v) is 4.79. The lowest BCUT2D eigenvalue weighted by Crippen LogP contribution is -2.41. The Balaban J connectivity index is 2.51. The van der Waals surface area contributed by atoms with Gasteiger partial charge in [0, 0.05) is 0 Å². The van der Waals surface area contributed by atoms with Gasteiger partial charge < -0.3 is 9.31 Å². The molecule has 0 aromatic heterocycles. The van der Waals surface area contributed by atoms with Crippen LogP contribution in [0.25, 0.3) is 0 Å². The Morgan fingerprint density at radius 1 is 0.947 bits per heavy atom. The topological polar surface area (TPSA) is 18.5 Å². The number of halogens is 4. The maximum absolute atomic E-state index is 14.1. The standard InChI is InChI=1S/C12H13BBr2F2O2/c1-11(2)12(3,4)19-13(18-11)8-9(16)6(14)5-7(15)10(8)17/h5H,1-4H3. The summed E-state index contributed by atoms with van der Waals surface area (Å²) >= 11 is 6.10. The van der Waals surface area contributed by atoms with Crippen LogP contribution in [0.2, 0.25) is 0 Å². The predicted molar refractivity (Wildman–Crippen MR) is 77.5 cm³/mol. The van der Waals surface area contributed by atoms with Crippen molar-refractivity contribution >= 4 is 44.4 Å². The van der Waals surface area contributed by atoms with Crippen LogP contribution in [0.3, 0.4) is 0 Å². The van der Waals surface area contributed by atoms with Crippen LogP contribution in [0, 0.1) is 11.6 Å². The first-order valence-electron chi connectivity index (χ1n) is 5.75. The van der Waals surface area contributed by atoms with Crippen molar-refractivity contribution in [3.8, 4) is 0 Å². The second kappa shape index (κ2) is 4.79. The number of benzene rings is 1. The molecule has 1 fully saturated rings. The zero-order chi connectivity index (χ0) is 14.6. The summed E-state index contributed by atoms with van der Waals surface area (Å²) < 4.78 is 39.9. The van der Waals surface area contributed by atoms with E-state index in [0.29, 0.717) is 0 Å². The Kier molecular flexibility index (Phi) is 3.89. The van der Waals surface area contributed by atoms with Crippen molar-refractivity contribution in [3.63, 3.8) is 0 Å². The molecule has 1 heterocycles. The van der Waals surface area contributed by atoms with Gasteiger partial charge in [-0.25, -0.2) is 8.78 Å². The second-order valence-corrected chi connectivity index (χ2v) is 7.18. The van der Waals surface area contributed by atoms with Gasteiger partial charge in [-0.2, -0.15) is 0 Å². The number of rotatable bonds is 1. The summed E-state index contributed by atoms with van der Waals surface area (Å²) in [7, 11) is -1.07. The summed E-state index contributed by atoms with van der Waals surface area (Å²) in [4.78, 5) is 0. The smallest absolute Gasteiger partial charge is 0.399 e. The summed E-state index contributed by atoms with van der Waals surface area (Å²) in [5.41, 5.74) is -1.52. The van der Waals surface area contributed by atoms with Crippen molar-refractivity contribution in [2.24, 2.45) is 0 Å². The highest BCUT2D eigenvalue weighted by atomic mass is 79.9. The minimum Gasteiger partial charge on any atom is -0.399 e. The molecule has 1 aliphatic heterocycles. The lowest BCUT2D eigenvalue weighted by molar-refractivity contribution is 0.00578. The van der Waals surface area contributed by atoms with Gasteiger partial charge in [0.25, 0.3) is 0 Å². The molecule has 0 bridgehead atoms. The van der Waals surface area contributed by atoms with E-state index in [1.807, 2.05) is 27.7 Å². The quantitative estimate of drug-likeness (QED) is 0.530. The van der Waals surface area contributed by atoms with Crippen molar-refractivity contribution < 1.29 is 18.1 Å². The molecule has 0 aliphatic carbocycles. The van der Waals surface area contributed by atoms with Crippen molar-refractivity contribution in [1.29, 1.82) is 0 Å². The van der Waals surface area contributed by atoms with Gasteiger partial charge in [0.05, 0.1) is 25.6 Å². The third kappa shape index (κ3) is 2.50. The zero-order valence-electron chi connectivity index (χ0n) is 11.0. The number of hydrogen-bond donors (Lipinski definition) is 0. The van der Waals surface area contributed by atoms with Crippen molar-refractivity contribution in [1.82, 2.24) is 0 Å². The average Bonchev–Trinajstić information content (AvgIpc) is 2.45. The lowest BCUT2D eigenvalue weighted by Gasteiger charge is -2.32. The molecule has 19 heavy (non-hydrogen) atoms. The monoisotopic (exact) mass is 396 g/mol. The average molecular weight is 398 g/mol. The Morgan fingerprint density at radius 3 is 1.68 bits per heavy atom. The first kappa shape index (κ1) is 15.4. The summed E-state index contributed by atoms with van der Waals surface area (Å²) in [5.74, 6) is -1.42. The molecule has 1 aliphatic rings. The molecular formula is C12H13BBr2F2O2. The summed E-state index contributed by atoms with van der Waals surface area (Å²) in [6.07, 6.45) is 0. The molecule has 0 spiro atoms. The molecular weight excluding hydrogens is 385 g/mol. The molecule has 1 aromatic carbocycles. The molecule has 0 amide bonds. The molecule has 0 radical (unpaired) electrons. The van der Waals surface area contributed by atoms with Crippen molar-refractivity contribution in [3.05, 3.63) is 26.6 Å². The molecule has 7 heteroatoms. The Morgan fingerprint density at radius 2 is 1.32 bits per heavy atom. The fourth-order valence-electron chi connectivity index (χ4n) is 1.76. The van der Waals surface area contributed by atoms with Gasteiger partial charge in [-0.15, -0.1) is 0 Å². The van der Waals surface area contributed by atoms with E-state index >= 15 is 0 Å². The van der Waals surface area contributed by atoms with Crippen LogP contribution in [0.1, 0.15) is 27.7 Å². The van der Waals surface area contributed by atoms with Gasteiger partial charge in [-0.3, -0.25) is 0 Å². The molecule has 1 aromatic rings. The largest absolute Gasteiger partial charge is 0.500 e. The van der Waals surface area contributed by atoms with E-state index in [2.05, 4.69) is 31.9 Å². The normalized spacial score (nSPS) is 20.9. The molecule has 0 saturated carbocycles. The van der Waals surface area contributed by atoms with Gasteiger partial charge >= 0.3 is 7.12 Å². The number of hydrogen-bond acceptors (Lipinski definition) is 2. The van der Waals surface area contributed by atoms with Crippen LogP contribution in [-0.2, 0) is 9.31 Å². The minimum absolute atomic E-state index is 0.158. The molecule has 1 saturated heterocycles. The summed E-state index contributed by atoms with van der Waals surface area (Å²) in [6.45, 7) is 7.32. The Bertz CT molecular complexity index is 493. The van der Waals surface area contributed by atoms with Gasteiger partial charge in [0.15, 0.2) is 0 Å². The van der Waals surface area contributed by atoms with Crippen LogP contribution in [-0.4, -0.2) is 18.3 Å². The Labute approximate surface area is 128 Å². The van der Waals surface area contributed by atoms with Crippen molar-refractivity contribution in [2.75, 3.05) is 0 Å². The second-order valence-electron chi connectivity index (χ2n) is 5.47. The molecule has 0 atom stereocenters. The fraction of sp³-hybridized carbons (Fsp3) is 0.500. The SMILES string of the molecule is CC1(C)OB(c2c(F)c(Br)cc(Br)c2F)OC1(C)C. The third-order valence-electron chi connectivity index (χ3n) is 3.63. The Hall–Kier alpha value is 0.0249. The van der Waals surface area contributed by atoms with E-state index in [1.54, 1.807) is 0 Å². The van der Waals surface area contributed by atoms with Crippen LogP contribution < -0.4 is 5.46 Å². The van der Waals surface area contributed by atoms with Crippen molar-refractivity contribution in [2.45, 2.75) is 38.9 Å². The summed E-state index contributed by atoms with van der Waals surface area (Å²) in [6, 6.07) is 1.32. The molecule has 2 nitrogen and oxygen atoms in total. The van der Waals surface area contributed by atoms with E-state index in [0.717, 1.165) is 0 Å². The van der Waals surface area contributed by atoms with E-state index in [1.165, 1.54) is 6.07 Å². The molecule has 0 unspecified atom stereocenters. The molecule has 0 N–H and O–H groups in total. The molecule has 2 rings (SSSR count). The summed E-state index contributed by atoms with van der Waals surface area (Å²) in [5, 5.41) is 0. The van der Waals surface area contributed by atoms with Gasteiger partial charge in [0.1, 0.15) is 11.6 Å². The highest BCUT2D eigenvalue weighted by Crippen LogP contribution is 2.37. The van der Waals surface area contributed by atoms with Crippen LogP contribution in [0.4, 0.5) is 8.78 Å². The predicted octanol–water partition coefficient (Wildman–Crippen LogP) is 3.79. The first-order valence-corrected chi connectivity index (χ1v) is 7.34. The highest BCUT2D eigenvalue weighted by molar-refractivity contribution is 9.11. The van der Waals surface area contributed by atoms with E-state index in [9.17, 15) is 8.78 Å². The van der Waals surface area contributed by atoms with Crippen LogP contribution >= 0.6 is 31.9 Å². The maximum Gasteiger partial charge on any atom is 0.500 e. The van der Waals surface area contributed by atoms with Gasteiger partial charge in [0.2, 0.25) is 0 Å². The lowest BCUT2D eigenvalue weighted by atomic mass is 9.78. The fourth-order valence-corrected chi connectivity index (χ4v) is 2.95. The van der Waals surface area contributed by atoms with Gasteiger partial charge in [-0.05, 0) is 65.6 Å². The molecule has 104 valence electrons. The van der Waals surface area contributed by atoms with E-state index < -0.39 is 30.0 Å². The minimum atomic E-state index is -1.07. The highest BCUT2D eigenvalue weighted by Gasteiger charge is 2.53.